The van der Waals surface area contributed by atoms with E-state index in [2.05, 4.69) is 5.32 Å². The number of unbranched alkanes of at least 4 members (excludes halogenated alkanes) is 1. The Labute approximate surface area is 122 Å². The third kappa shape index (κ3) is 3.93. The van der Waals surface area contributed by atoms with Crippen LogP contribution in [-0.4, -0.2) is 34.6 Å². The molecule has 0 spiro atoms. The van der Waals surface area contributed by atoms with Crippen LogP contribution in [0.2, 0.25) is 0 Å². The third-order valence-corrected chi connectivity index (χ3v) is 3.45. The molecule has 0 bridgehead atoms. The van der Waals surface area contributed by atoms with Crippen LogP contribution in [0.5, 0.6) is 0 Å². The maximum atomic E-state index is 13.3. The third-order valence-electron chi connectivity index (χ3n) is 3.45. The number of amides is 2. The van der Waals surface area contributed by atoms with Crippen molar-refractivity contribution in [2.75, 3.05) is 11.9 Å². The van der Waals surface area contributed by atoms with E-state index in [0.29, 0.717) is 6.54 Å². The Kier molecular flexibility index (Phi) is 4.77. The van der Waals surface area contributed by atoms with Crippen molar-refractivity contribution < 1.29 is 19.1 Å². The number of carbonyl (C=O) groups excluding carboxylic acids is 1. The van der Waals surface area contributed by atoms with Gasteiger partial charge in [0.25, 0.3) is 0 Å². The zero-order chi connectivity index (χ0) is 15.4. The highest BCUT2D eigenvalue weighted by molar-refractivity contribution is 6.00. The summed E-state index contributed by atoms with van der Waals surface area (Å²) in [5.74, 6) is -1.78. The number of carbonyl (C=O) groups is 2. The second-order valence-electron chi connectivity index (χ2n) is 5.20. The van der Waals surface area contributed by atoms with Gasteiger partial charge in [0.15, 0.2) is 0 Å². The molecule has 1 aliphatic rings. The Morgan fingerprint density at radius 1 is 1.43 bits per heavy atom. The molecule has 2 N–H and O–H groups in total. The van der Waals surface area contributed by atoms with Crippen LogP contribution in [0.15, 0.2) is 18.2 Å². The highest BCUT2D eigenvalue weighted by Gasteiger charge is 2.32. The highest BCUT2D eigenvalue weighted by Crippen LogP contribution is 2.28. The number of benzene rings is 1. The van der Waals surface area contributed by atoms with Crippen molar-refractivity contribution in [2.45, 2.75) is 38.6 Å². The molecule has 0 aliphatic heterocycles. The van der Waals surface area contributed by atoms with Crippen LogP contribution in [0.1, 0.15) is 43.0 Å². The van der Waals surface area contributed by atoms with Gasteiger partial charge in [-0.15, -0.1) is 0 Å². The summed E-state index contributed by atoms with van der Waals surface area (Å²) < 4.78 is 13.3. The van der Waals surface area contributed by atoms with Crippen molar-refractivity contribution in [1.82, 2.24) is 4.90 Å². The van der Waals surface area contributed by atoms with Crippen LogP contribution in [0.3, 0.4) is 0 Å². The van der Waals surface area contributed by atoms with Crippen LogP contribution in [0, 0.1) is 5.82 Å². The predicted octanol–water partition coefficient (Wildman–Crippen LogP) is 3.32. The van der Waals surface area contributed by atoms with E-state index < -0.39 is 11.8 Å². The number of carboxylic acids is 1. The molecule has 1 aromatic carbocycles. The lowest BCUT2D eigenvalue weighted by molar-refractivity contribution is 0.0698. The fraction of sp³-hybridized carbons (Fsp3) is 0.467. The fourth-order valence-electron chi connectivity index (χ4n) is 2.16. The molecule has 0 radical (unpaired) electrons. The first-order valence-corrected chi connectivity index (χ1v) is 7.13. The van der Waals surface area contributed by atoms with E-state index >= 15 is 0 Å². The van der Waals surface area contributed by atoms with E-state index in [-0.39, 0.29) is 23.3 Å². The van der Waals surface area contributed by atoms with Crippen LogP contribution in [-0.2, 0) is 0 Å². The van der Waals surface area contributed by atoms with Gasteiger partial charge in [0.05, 0.1) is 11.3 Å². The Bertz CT molecular complexity index is 544. The lowest BCUT2D eigenvalue weighted by Gasteiger charge is -2.23. The number of urea groups is 1. The molecule has 21 heavy (non-hydrogen) atoms. The number of rotatable bonds is 6. The Morgan fingerprint density at radius 2 is 2.14 bits per heavy atom. The topological polar surface area (TPSA) is 69.6 Å². The lowest BCUT2D eigenvalue weighted by atomic mass is 10.1. The van der Waals surface area contributed by atoms with Gasteiger partial charge in [0.1, 0.15) is 5.82 Å². The van der Waals surface area contributed by atoms with Crippen molar-refractivity contribution >= 4 is 17.7 Å². The minimum Gasteiger partial charge on any atom is -0.478 e. The van der Waals surface area contributed by atoms with Crippen LogP contribution >= 0.6 is 0 Å². The molecule has 5 nitrogen and oxygen atoms in total. The maximum absolute atomic E-state index is 13.3. The predicted molar refractivity (Wildman–Crippen MR) is 77.0 cm³/mol. The quantitative estimate of drug-likeness (QED) is 0.845. The Morgan fingerprint density at radius 3 is 2.71 bits per heavy atom. The zero-order valence-corrected chi connectivity index (χ0v) is 11.9. The van der Waals surface area contributed by atoms with Crippen molar-refractivity contribution in [3.05, 3.63) is 29.6 Å². The van der Waals surface area contributed by atoms with Crippen molar-refractivity contribution in [1.29, 1.82) is 0 Å². The lowest BCUT2D eigenvalue weighted by Crippen LogP contribution is -2.37. The second-order valence-corrected chi connectivity index (χ2v) is 5.20. The molecule has 0 heterocycles. The normalized spacial score (nSPS) is 13.8. The van der Waals surface area contributed by atoms with Gasteiger partial charge >= 0.3 is 12.0 Å². The molecule has 0 atom stereocenters. The highest BCUT2D eigenvalue weighted by atomic mass is 19.1. The molecule has 6 heteroatoms. The molecule has 1 fully saturated rings. The van der Waals surface area contributed by atoms with E-state index in [1.54, 1.807) is 4.90 Å². The number of nitrogens with one attached hydrogen (secondary N) is 1. The van der Waals surface area contributed by atoms with Crippen LogP contribution in [0.4, 0.5) is 14.9 Å². The summed E-state index contributed by atoms with van der Waals surface area (Å²) in [5, 5.41) is 11.6. The molecule has 1 aliphatic carbocycles. The van der Waals surface area contributed by atoms with Gasteiger partial charge in [0, 0.05) is 12.6 Å². The Hall–Kier alpha value is -2.11. The summed E-state index contributed by atoms with van der Waals surface area (Å²) in [6.07, 6.45) is 3.79. The summed E-state index contributed by atoms with van der Waals surface area (Å²) in [6.45, 7) is 2.67. The monoisotopic (exact) mass is 294 g/mol. The minimum atomic E-state index is -1.20. The number of hydrogen-bond acceptors (Lipinski definition) is 2. The molecular formula is C15H19FN2O3. The van der Waals surface area contributed by atoms with Gasteiger partial charge in [0.2, 0.25) is 0 Å². The molecular weight excluding hydrogens is 275 g/mol. The molecule has 114 valence electrons. The van der Waals surface area contributed by atoms with Gasteiger partial charge in [-0.25, -0.2) is 14.0 Å². The van der Waals surface area contributed by atoms with Crippen molar-refractivity contribution in [2.24, 2.45) is 0 Å². The molecule has 0 unspecified atom stereocenters. The number of aromatic carboxylic acids is 1. The Balaban J connectivity index is 2.13. The summed E-state index contributed by atoms with van der Waals surface area (Å²) >= 11 is 0. The van der Waals surface area contributed by atoms with E-state index in [0.717, 1.165) is 43.9 Å². The number of nitrogens with zero attached hydrogens (tertiary/aromatic N) is 1. The minimum absolute atomic E-state index is 0.00496. The van der Waals surface area contributed by atoms with Gasteiger partial charge in [-0.1, -0.05) is 13.3 Å². The average molecular weight is 294 g/mol. The SMILES string of the molecule is CCCCN(C(=O)Nc1cc(F)ccc1C(=O)O)C1CC1. The van der Waals surface area contributed by atoms with Gasteiger partial charge in [-0.05, 0) is 37.5 Å². The number of hydrogen-bond donors (Lipinski definition) is 2. The van der Waals surface area contributed by atoms with E-state index in [4.69, 9.17) is 5.11 Å². The summed E-state index contributed by atoms with van der Waals surface area (Å²) in [4.78, 5) is 25.1. The van der Waals surface area contributed by atoms with Crippen molar-refractivity contribution in [3.8, 4) is 0 Å². The zero-order valence-electron chi connectivity index (χ0n) is 11.9. The number of halogens is 1. The molecule has 0 aromatic heterocycles. The van der Waals surface area contributed by atoms with Gasteiger partial charge < -0.3 is 15.3 Å². The van der Waals surface area contributed by atoms with Crippen LogP contribution in [0.25, 0.3) is 0 Å². The first-order valence-electron chi connectivity index (χ1n) is 7.13. The standard InChI is InChI=1S/C15H19FN2O3/c1-2-3-8-18(11-5-6-11)15(21)17-13-9-10(16)4-7-12(13)14(19)20/h4,7,9,11H,2-3,5-6,8H2,1H3,(H,17,21)(H,19,20). The van der Waals surface area contributed by atoms with Gasteiger partial charge in [-0.2, -0.15) is 0 Å². The van der Waals surface area contributed by atoms with Crippen LogP contribution < -0.4 is 5.32 Å². The number of anilines is 1. The fourth-order valence-corrected chi connectivity index (χ4v) is 2.16. The first kappa shape index (κ1) is 15.3. The molecule has 1 aromatic rings. The first-order chi connectivity index (χ1) is 10.0. The average Bonchev–Trinajstić information content (AvgIpc) is 3.23. The number of carboxylic acid groups (broad SMARTS) is 1. The summed E-state index contributed by atoms with van der Waals surface area (Å²) in [5.41, 5.74) is -0.120. The van der Waals surface area contributed by atoms with E-state index in [1.165, 1.54) is 0 Å². The molecule has 2 amide bonds. The van der Waals surface area contributed by atoms with E-state index in [9.17, 15) is 14.0 Å². The maximum Gasteiger partial charge on any atom is 0.337 e. The second kappa shape index (κ2) is 6.56. The molecule has 2 rings (SSSR count). The molecule has 1 saturated carbocycles. The molecule has 0 saturated heterocycles. The largest absolute Gasteiger partial charge is 0.478 e. The summed E-state index contributed by atoms with van der Waals surface area (Å²) in [7, 11) is 0. The smallest absolute Gasteiger partial charge is 0.337 e. The van der Waals surface area contributed by atoms with E-state index in [1.807, 2.05) is 6.92 Å². The van der Waals surface area contributed by atoms with Crippen molar-refractivity contribution in [3.63, 3.8) is 0 Å². The van der Waals surface area contributed by atoms with Gasteiger partial charge in [-0.3, -0.25) is 0 Å². The summed E-state index contributed by atoms with van der Waals surface area (Å²) in [6, 6.07) is 3.11.